The number of carbonyl (C=O) groups excluding carboxylic acids is 1. The SMILES string of the molecule is COc1nc(C(=O)NCCn2cnnc2C)cc2ccccc12. The van der Waals surface area contributed by atoms with Gasteiger partial charge in [0.05, 0.1) is 7.11 Å². The highest BCUT2D eigenvalue weighted by atomic mass is 16.5. The number of ether oxygens (including phenoxy) is 1. The molecule has 7 nitrogen and oxygen atoms in total. The zero-order chi connectivity index (χ0) is 16.2. The Bertz CT molecular complexity index is 843. The third kappa shape index (κ3) is 3.13. The number of amides is 1. The summed E-state index contributed by atoms with van der Waals surface area (Å²) in [5, 5.41) is 12.4. The van der Waals surface area contributed by atoms with Crippen LogP contribution in [-0.4, -0.2) is 39.3 Å². The summed E-state index contributed by atoms with van der Waals surface area (Å²) in [7, 11) is 1.55. The van der Waals surface area contributed by atoms with Crippen molar-refractivity contribution in [2.24, 2.45) is 0 Å². The van der Waals surface area contributed by atoms with E-state index in [0.717, 1.165) is 16.6 Å². The molecule has 7 heteroatoms. The van der Waals surface area contributed by atoms with Crippen molar-refractivity contribution in [3.63, 3.8) is 0 Å². The molecule has 0 radical (unpaired) electrons. The van der Waals surface area contributed by atoms with E-state index in [1.165, 1.54) is 0 Å². The molecule has 0 unspecified atom stereocenters. The van der Waals surface area contributed by atoms with Gasteiger partial charge in [-0.1, -0.05) is 18.2 Å². The topological polar surface area (TPSA) is 81.9 Å². The highest BCUT2D eigenvalue weighted by molar-refractivity contribution is 5.98. The third-order valence-corrected chi connectivity index (χ3v) is 3.58. The van der Waals surface area contributed by atoms with Crippen molar-refractivity contribution in [3.8, 4) is 5.88 Å². The summed E-state index contributed by atoms with van der Waals surface area (Å²) < 4.78 is 7.16. The normalized spacial score (nSPS) is 10.7. The van der Waals surface area contributed by atoms with Crippen LogP contribution in [0.2, 0.25) is 0 Å². The second kappa shape index (κ2) is 6.43. The van der Waals surface area contributed by atoms with Crippen LogP contribution in [0.1, 0.15) is 16.3 Å². The van der Waals surface area contributed by atoms with Gasteiger partial charge in [0.1, 0.15) is 17.8 Å². The number of carbonyl (C=O) groups is 1. The molecule has 118 valence electrons. The van der Waals surface area contributed by atoms with Crippen molar-refractivity contribution in [2.45, 2.75) is 13.5 Å². The van der Waals surface area contributed by atoms with Crippen LogP contribution in [0.15, 0.2) is 36.7 Å². The van der Waals surface area contributed by atoms with E-state index in [-0.39, 0.29) is 5.91 Å². The van der Waals surface area contributed by atoms with E-state index < -0.39 is 0 Å². The van der Waals surface area contributed by atoms with Crippen molar-refractivity contribution in [1.29, 1.82) is 0 Å². The Hall–Kier alpha value is -2.96. The van der Waals surface area contributed by atoms with E-state index in [4.69, 9.17) is 4.74 Å². The van der Waals surface area contributed by atoms with Gasteiger partial charge in [0, 0.05) is 18.5 Å². The van der Waals surface area contributed by atoms with Gasteiger partial charge in [-0.2, -0.15) is 0 Å². The van der Waals surface area contributed by atoms with E-state index in [2.05, 4.69) is 20.5 Å². The van der Waals surface area contributed by atoms with Crippen molar-refractivity contribution < 1.29 is 9.53 Å². The monoisotopic (exact) mass is 311 g/mol. The number of aromatic nitrogens is 4. The van der Waals surface area contributed by atoms with Gasteiger partial charge in [-0.15, -0.1) is 10.2 Å². The van der Waals surface area contributed by atoms with Gasteiger partial charge in [-0.3, -0.25) is 4.79 Å². The standard InChI is InChI=1S/C16H17N5O2/c1-11-20-18-10-21(11)8-7-17-15(22)14-9-12-5-3-4-6-13(12)16(19-14)23-2/h3-6,9-10H,7-8H2,1-2H3,(H,17,22). The van der Waals surface area contributed by atoms with E-state index in [0.29, 0.717) is 24.7 Å². The minimum atomic E-state index is -0.236. The van der Waals surface area contributed by atoms with Gasteiger partial charge in [-0.05, 0) is 24.4 Å². The highest BCUT2D eigenvalue weighted by Crippen LogP contribution is 2.23. The van der Waals surface area contributed by atoms with Gasteiger partial charge in [0.15, 0.2) is 0 Å². The summed E-state index contributed by atoms with van der Waals surface area (Å²) in [6.07, 6.45) is 1.64. The largest absolute Gasteiger partial charge is 0.481 e. The van der Waals surface area contributed by atoms with Crippen molar-refractivity contribution in [2.75, 3.05) is 13.7 Å². The molecule has 1 aromatic carbocycles. The van der Waals surface area contributed by atoms with Gasteiger partial charge in [-0.25, -0.2) is 4.98 Å². The molecular formula is C16H17N5O2. The number of hydrogen-bond donors (Lipinski definition) is 1. The number of rotatable bonds is 5. The molecule has 1 amide bonds. The first-order valence-electron chi connectivity index (χ1n) is 7.25. The van der Waals surface area contributed by atoms with Crippen LogP contribution in [0.4, 0.5) is 0 Å². The maximum atomic E-state index is 12.3. The average molecular weight is 311 g/mol. The Morgan fingerprint density at radius 1 is 1.35 bits per heavy atom. The zero-order valence-electron chi connectivity index (χ0n) is 13.0. The van der Waals surface area contributed by atoms with Crippen LogP contribution < -0.4 is 10.1 Å². The number of benzene rings is 1. The Kier molecular flexibility index (Phi) is 4.18. The predicted octanol–water partition coefficient (Wildman–Crippen LogP) is 1.57. The second-order valence-electron chi connectivity index (χ2n) is 5.07. The van der Waals surface area contributed by atoms with E-state index in [9.17, 15) is 4.79 Å². The van der Waals surface area contributed by atoms with Crippen molar-refractivity contribution in [1.82, 2.24) is 25.1 Å². The Balaban J connectivity index is 1.74. The first-order chi connectivity index (χ1) is 11.2. The number of hydrogen-bond acceptors (Lipinski definition) is 5. The lowest BCUT2D eigenvalue weighted by Gasteiger charge is -2.09. The first-order valence-corrected chi connectivity index (χ1v) is 7.25. The van der Waals surface area contributed by atoms with E-state index in [1.807, 2.05) is 35.8 Å². The maximum absolute atomic E-state index is 12.3. The molecule has 3 aromatic rings. The molecule has 0 saturated carbocycles. The Morgan fingerprint density at radius 3 is 2.91 bits per heavy atom. The molecule has 0 aliphatic heterocycles. The molecule has 23 heavy (non-hydrogen) atoms. The van der Waals surface area contributed by atoms with Gasteiger partial charge >= 0.3 is 0 Å². The van der Waals surface area contributed by atoms with E-state index in [1.54, 1.807) is 19.5 Å². The molecule has 2 aromatic heterocycles. The molecule has 0 fully saturated rings. The lowest BCUT2D eigenvalue weighted by atomic mass is 10.1. The number of methoxy groups -OCH3 is 1. The molecule has 0 bridgehead atoms. The van der Waals surface area contributed by atoms with Crippen LogP contribution in [0.5, 0.6) is 5.88 Å². The fourth-order valence-corrected chi connectivity index (χ4v) is 2.35. The van der Waals surface area contributed by atoms with Crippen molar-refractivity contribution in [3.05, 3.63) is 48.2 Å². The number of nitrogens with one attached hydrogen (secondary N) is 1. The number of pyridine rings is 1. The number of fused-ring (bicyclic) bond motifs is 1. The molecular weight excluding hydrogens is 294 g/mol. The first kappa shape index (κ1) is 15.0. The Labute approximate surface area is 133 Å². The maximum Gasteiger partial charge on any atom is 0.270 e. The summed E-state index contributed by atoms with van der Waals surface area (Å²) >= 11 is 0. The number of nitrogens with zero attached hydrogens (tertiary/aromatic N) is 4. The van der Waals surface area contributed by atoms with Crippen LogP contribution in [0.25, 0.3) is 10.8 Å². The van der Waals surface area contributed by atoms with E-state index >= 15 is 0 Å². The second-order valence-corrected chi connectivity index (χ2v) is 5.07. The summed E-state index contributed by atoms with van der Waals surface area (Å²) in [4.78, 5) is 16.6. The smallest absolute Gasteiger partial charge is 0.270 e. The zero-order valence-corrected chi connectivity index (χ0v) is 13.0. The van der Waals surface area contributed by atoms with Gasteiger partial charge in [0.25, 0.3) is 5.91 Å². The lowest BCUT2D eigenvalue weighted by molar-refractivity contribution is 0.0946. The van der Waals surface area contributed by atoms with Crippen LogP contribution in [-0.2, 0) is 6.54 Å². The minimum Gasteiger partial charge on any atom is -0.481 e. The molecule has 3 rings (SSSR count). The Morgan fingerprint density at radius 2 is 2.17 bits per heavy atom. The highest BCUT2D eigenvalue weighted by Gasteiger charge is 2.12. The third-order valence-electron chi connectivity index (χ3n) is 3.58. The summed E-state index contributed by atoms with van der Waals surface area (Å²) in [6, 6.07) is 9.43. The summed E-state index contributed by atoms with van der Waals surface area (Å²) in [5.74, 6) is 1.02. The molecule has 0 spiro atoms. The van der Waals surface area contributed by atoms with Gasteiger partial charge < -0.3 is 14.6 Å². The molecule has 1 N–H and O–H groups in total. The lowest BCUT2D eigenvalue weighted by Crippen LogP contribution is -2.28. The average Bonchev–Trinajstić information content (AvgIpc) is 2.98. The fraction of sp³-hybridized carbons (Fsp3) is 0.250. The van der Waals surface area contributed by atoms with Crippen LogP contribution in [0.3, 0.4) is 0 Å². The molecule has 0 aliphatic rings. The van der Waals surface area contributed by atoms with Crippen LogP contribution >= 0.6 is 0 Å². The molecule has 2 heterocycles. The summed E-state index contributed by atoms with van der Waals surface area (Å²) in [6.45, 7) is 2.94. The summed E-state index contributed by atoms with van der Waals surface area (Å²) in [5.41, 5.74) is 0.334. The fourth-order valence-electron chi connectivity index (χ4n) is 2.35. The molecule has 0 saturated heterocycles. The van der Waals surface area contributed by atoms with Gasteiger partial charge in [0.2, 0.25) is 5.88 Å². The number of aryl methyl sites for hydroxylation is 1. The van der Waals surface area contributed by atoms with Crippen LogP contribution in [0, 0.1) is 6.92 Å². The molecule has 0 atom stereocenters. The van der Waals surface area contributed by atoms with Crippen molar-refractivity contribution >= 4 is 16.7 Å². The minimum absolute atomic E-state index is 0.236. The quantitative estimate of drug-likeness (QED) is 0.773. The molecule has 0 aliphatic carbocycles. The predicted molar refractivity (Wildman–Crippen MR) is 85.4 cm³/mol.